The molecule has 0 unspecified atom stereocenters. The summed E-state index contributed by atoms with van der Waals surface area (Å²) in [6.07, 6.45) is 0.875. The Morgan fingerprint density at radius 1 is 0.950 bits per heavy atom. The lowest BCUT2D eigenvalue weighted by atomic mass is 9.62. The Kier molecular flexibility index (Phi) is 2.46. The van der Waals surface area contributed by atoms with Crippen LogP contribution in [0.15, 0.2) is 48.5 Å². The van der Waals surface area contributed by atoms with E-state index in [4.69, 9.17) is 4.74 Å². The Hall–Kier alpha value is -2.09. The molecule has 1 atom stereocenters. The summed E-state index contributed by atoms with van der Waals surface area (Å²) in [5, 5.41) is 0. The summed E-state index contributed by atoms with van der Waals surface area (Å²) in [5.74, 6) is 0.366. The van der Waals surface area contributed by atoms with Gasteiger partial charge in [-0.25, -0.2) is 0 Å². The van der Waals surface area contributed by atoms with E-state index in [1.54, 1.807) is 0 Å². The maximum Gasteiger partial charge on any atom is 0.302 e. The summed E-state index contributed by atoms with van der Waals surface area (Å²) in [5.41, 5.74) is 5.46. The molecule has 0 saturated heterocycles. The van der Waals surface area contributed by atoms with Gasteiger partial charge in [-0.05, 0) is 28.7 Å². The van der Waals surface area contributed by atoms with Crippen LogP contribution in [0.4, 0.5) is 0 Å². The third-order valence-corrected chi connectivity index (χ3v) is 4.57. The fourth-order valence-corrected chi connectivity index (χ4v) is 3.91. The summed E-state index contributed by atoms with van der Waals surface area (Å²) in [4.78, 5) is 11.4. The molecule has 2 aromatic rings. The molecule has 2 aromatic carbocycles. The summed E-state index contributed by atoms with van der Waals surface area (Å²) in [6, 6.07) is 17.1. The minimum absolute atomic E-state index is 0.0256. The van der Waals surface area contributed by atoms with Crippen LogP contribution < -0.4 is 0 Å². The first-order valence-corrected chi connectivity index (χ1v) is 7.10. The van der Waals surface area contributed by atoms with Gasteiger partial charge in [0.2, 0.25) is 0 Å². The first-order chi connectivity index (χ1) is 9.75. The molecule has 0 fully saturated rings. The average molecular weight is 264 g/mol. The maximum atomic E-state index is 11.4. The molecule has 100 valence electrons. The summed E-state index contributed by atoms with van der Waals surface area (Å²) in [7, 11) is 0. The minimum Gasteiger partial charge on any atom is -0.462 e. The zero-order valence-electron chi connectivity index (χ0n) is 11.4. The van der Waals surface area contributed by atoms with E-state index in [1.807, 2.05) is 0 Å². The number of esters is 1. The Balaban J connectivity index is 1.91. The number of benzene rings is 2. The second kappa shape index (κ2) is 4.20. The number of hydrogen-bond donors (Lipinski definition) is 0. The highest BCUT2D eigenvalue weighted by Crippen LogP contribution is 2.53. The molecule has 0 amide bonds. The molecule has 20 heavy (non-hydrogen) atoms. The summed E-state index contributed by atoms with van der Waals surface area (Å²) in [6.45, 7) is 1.50. The molecular formula is C18H16O2. The van der Waals surface area contributed by atoms with Gasteiger partial charge in [0.05, 0.1) is 0 Å². The third kappa shape index (κ3) is 1.54. The highest BCUT2D eigenvalue weighted by molar-refractivity contribution is 5.67. The van der Waals surface area contributed by atoms with E-state index in [-0.39, 0.29) is 18.0 Å². The summed E-state index contributed by atoms with van der Waals surface area (Å²) < 4.78 is 5.60. The SMILES string of the molecule is CC(=O)O[C@@H]1CC2c3ccccc3C1c1ccccc12. The Morgan fingerprint density at radius 2 is 1.45 bits per heavy atom. The zero-order valence-corrected chi connectivity index (χ0v) is 11.4. The predicted octanol–water partition coefficient (Wildman–Crippen LogP) is 3.60. The van der Waals surface area contributed by atoms with Crippen LogP contribution in [0.5, 0.6) is 0 Å². The molecule has 0 aromatic heterocycles. The Labute approximate surface area is 118 Å². The van der Waals surface area contributed by atoms with Gasteiger partial charge in [-0.3, -0.25) is 4.79 Å². The van der Waals surface area contributed by atoms with E-state index in [0.29, 0.717) is 5.92 Å². The average Bonchev–Trinajstić information content (AvgIpc) is 2.47. The van der Waals surface area contributed by atoms with Gasteiger partial charge in [0, 0.05) is 18.8 Å². The van der Waals surface area contributed by atoms with Gasteiger partial charge in [-0.1, -0.05) is 48.5 Å². The fourth-order valence-electron chi connectivity index (χ4n) is 3.91. The van der Waals surface area contributed by atoms with Crippen molar-refractivity contribution < 1.29 is 9.53 Å². The summed E-state index contributed by atoms with van der Waals surface area (Å²) >= 11 is 0. The molecule has 0 saturated carbocycles. The Morgan fingerprint density at radius 3 is 1.95 bits per heavy atom. The van der Waals surface area contributed by atoms with Crippen molar-refractivity contribution in [2.75, 3.05) is 0 Å². The van der Waals surface area contributed by atoms with Crippen molar-refractivity contribution in [2.24, 2.45) is 0 Å². The molecule has 0 heterocycles. The second-order valence-electron chi connectivity index (χ2n) is 5.67. The highest BCUT2D eigenvalue weighted by atomic mass is 16.5. The van der Waals surface area contributed by atoms with Gasteiger partial charge in [0.15, 0.2) is 0 Å². The van der Waals surface area contributed by atoms with E-state index in [2.05, 4.69) is 48.5 Å². The van der Waals surface area contributed by atoms with Crippen LogP contribution in [0.25, 0.3) is 0 Å². The highest BCUT2D eigenvalue weighted by Gasteiger charge is 2.44. The number of hydrogen-bond acceptors (Lipinski definition) is 2. The van der Waals surface area contributed by atoms with Crippen LogP contribution in [-0.2, 0) is 9.53 Å². The lowest BCUT2D eigenvalue weighted by Crippen LogP contribution is -2.38. The van der Waals surface area contributed by atoms with Crippen molar-refractivity contribution in [1.82, 2.24) is 0 Å². The van der Waals surface area contributed by atoms with Crippen LogP contribution in [-0.4, -0.2) is 12.1 Å². The first-order valence-electron chi connectivity index (χ1n) is 7.10. The van der Waals surface area contributed by atoms with Crippen molar-refractivity contribution in [3.8, 4) is 0 Å². The van der Waals surface area contributed by atoms with Gasteiger partial charge in [-0.15, -0.1) is 0 Å². The third-order valence-electron chi connectivity index (χ3n) is 4.57. The van der Waals surface area contributed by atoms with Crippen LogP contribution in [0.3, 0.4) is 0 Å². The van der Waals surface area contributed by atoms with Crippen molar-refractivity contribution in [3.05, 3.63) is 70.8 Å². The van der Waals surface area contributed by atoms with Gasteiger partial charge in [-0.2, -0.15) is 0 Å². The molecule has 2 nitrogen and oxygen atoms in total. The fraction of sp³-hybridized carbons (Fsp3) is 0.278. The molecule has 0 radical (unpaired) electrons. The minimum atomic E-state index is -0.183. The van der Waals surface area contributed by atoms with E-state index in [9.17, 15) is 4.79 Å². The second-order valence-corrected chi connectivity index (χ2v) is 5.67. The molecule has 2 heteroatoms. The maximum absolute atomic E-state index is 11.4. The lowest BCUT2D eigenvalue weighted by molar-refractivity contribution is -0.148. The molecule has 0 N–H and O–H groups in total. The Bertz CT molecular complexity index is 642. The number of ether oxygens (including phenoxy) is 1. The van der Waals surface area contributed by atoms with Crippen LogP contribution in [0.1, 0.15) is 47.4 Å². The van der Waals surface area contributed by atoms with Crippen molar-refractivity contribution in [2.45, 2.75) is 31.3 Å². The zero-order chi connectivity index (χ0) is 13.7. The normalized spacial score (nSPS) is 25.8. The standard InChI is InChI=1S/C18H16O2/c1-11(19)20-17-10-16-12-6-2-4-8-14(12)18(17)15-9-5-3-7-13(15)16/h2-9,16-18H,10H2,1H3/t16?,17-,18?/m1/s1. The van der Waals surface area contributed by atoms with Crippen LogP contribution in [0.2, 0.25) is 0 Å². The lowest BCUT2D eigenvalue weighted by Gasteiger charge is -2.44. The van der Waals surface area contributed by atoms with Crippen molar-refractivity contribution in [1.29, 1.82) is 0 Å². The van der Waals surface area contributed by atoms with Crippen molar-refractivity contribution >= 4 is 5.97 Å². The van der Waals surface area contributed by atoms with Crippen molar-refractivity contribution in [3.63, 3.8) is 0 Å². The quantitative estimate of drug-likeness (QED) is 0.736. The molecule has 0 aliphatic heterocycles. The van der Waals surface area contributed by atoms with Crippen LogP contribution in [0, 0.1) is 0 Å². The molecular weight excluding hydrogens is 248 g/mol. The van der Waals surface area contributed by atoms with E-state index < -0.39 is 0 Å². The number of rotatable bonds is 1. The molecule has 3 aliphatic rings. The smallest absolute Gasteiger partial charge is 0.302 e. The molecule has 5 rings (SSSR count). The largest absolute Gasteiger partial charge is 0.462 e. The van der Waals surface area contributed by atoms with E-state index in [1.165, 1.54) is 29.2 Å². The van der Waals surface area contributed by atoms with Gasteiger partial charge >= 0.3 is 5.97 Å². The van der Waals surface area contributed by atoms with Crippen LogP contribution >= 0.6 is 0 Å². The number of carbonyl (C=O) groups is 1. The number of carbonyl (C=O) groups excluding carboxylic acids is 1. The van der Waals surface area contributed by atoms with E-state index in [0.717, 1.165) is 6.42 Å². The number of fused-ring (bicyclic) bond motifs is 1. The van der Waals surface area contributed by atoms with Gasteiger partial charge < -0.3 is 4.74 Å². The monoisotopic (exact) mass is 264 g/mol. The van der Waals surface area contributed by atoms with Gasteiger partial charge in [0.1, 0.15) is 6.10 Å². The first kappa shape index (κ1) is 11.7. The topological polar surface area (TPSA) is 26.3 Å². The van der Waals surface area contributed by atoms with Gasteiger partial charge in [0.25, 0.3) is 0 Å². The molecule has 3 aliphatic carbocycles. The van der Waals surface area contributed by atoms with E-state index >= 15 is 0 Å². The predicted molar refractivity (Wildman–Crippen MR) is 76.7 cm³/mol. The molecule has 2 bridgehead atoms. The molecule has 0 spiro atoms.